The van der Waals surface area contributed by atoms with E-state index in [9.17, 15) is 0 Å². The van der Waals surface area contributed by atoms with E-state index in [0.717, 1.165) is 38.6 Å². The van der Waals surface area contributed by atoms with Crippen LogP contribution < -0.4 is 5.73 Å². The van der Waals surface area contributed by atoms with E-state index >= 15 is 0 Å². The molecule has 2 nitrogen and oxygen atoms in total. The van der Waals surface area contributed by atoms with Crippen molar-refractivity contribution >= 4 is 22.7 Å². The van der Waals surface area contributed by atoms with E-state index in [-0.39, 0.29) is 0 Å². The lowest BCUT2D eigenvalue weighted by Gasteiger charge is -1.95. The molecule has 98 valence electrons. The minimum Gasteiger partial charge on any atom is -0.330 e. The second-order valence-corrected chi connectivity index (χ2v) is 6.34. The number of aryl methyl sites for hydroxylation is 4. The van der Waals surface area contributed by atoms with Crippen molar-refractivity contribution in [1.29, 1.82) is 0 Å². The van der Waals surface area contributed by atoms with Gasteiger partial charge >= 0.3 is 0 Å². The van der Waals surface area contributed by atoms with Crippen molar-refractivity contribution in [3.63, 3.8) is 0 Å². The number of hydrogen-bond donors (Lipinski definition) is 1. The molecule has 2 N–H and O–H groups in total. The molecule has 0 aliphatic carbocycles. The molecule has 0 bridgehead atoms. The van der Waals surface area contributed by atoms with Gasteiger partial charge in [-0.1, -0.05) is 6.92 Å². The van der Waals surface area contributed by atoms with Gasteiger partial charge in [0.15, 0.2) is 0 Å². The number of rotatable bonds is 7. The van der Waals surface area contributed by atoms with E-state index in [2.05, 4.69) is 28.7 Å². The summed E-state index contributed by atoms with van der Waals surface area (Å²) in [6, 6.07) is 2.33. The Labute approximate surface area is 117 Å². The van der Waals surface area contributed by atoms with Crippen LogP contribution in [0.4, 0.5) is 0 Å². The molecule has 0 aliphatic heterocycles. The van der Waals surface area contributed by atoms with Crippen LogP contribution in [0.25, 0.3) is 0 Å². The highest BCUT2D eigenvalue weighted by molar-refractivity contribution is 7.10. The Hall–Kier alpha value is -0.710. The molecule has 18 heavy (non-hydrogen) atoms. The zero-order chi connectivity index (χ0) is 12.8. The summed E-state index contributed by atoms with van der Waals surface area (Å²) in [5.41, 5.74) is 8.21. The standard InChI is InChI=1S/C14H20N2S2/c1-2-14-16-12(10-18-14)5-6-13-8-11(9-17-13)4-3-7-15/h8-10H,2-7,15H2,1H3. The molecular formula is C14H20N2S2. The molecule has 2 heterocycles. The van der Waals surface area contributed by atoms with Crippen LogP contribution >= 0.6 is 22.7 Å². The topological polar surface area (TPSA) is 38.9 Å². The predicted octanol–water partition coefficient (Wildman–Crippen LogP) is 3.44. The first-order valence-corrected chi connectivity index (χ1v) is 8.27. The van der Waals surface area contributed by atoms with Gasteiger partial charge in [-0.25, -0.2) is 4.98 Å². The fraction of sp³-hybridized carbons (Fsp3) is 0.500. The average molecular weight is 280 g/mol. The van der Waals surface area contributed by atoms with Crippen molar-refractivity contribution in [2.75, 3.05) is 6.54 Å². The monoisotopic (exact) mass is 280 g/mol. The Kier molecular flexibility index (Phi) is 5.35. The van der Waals surface area contributed by atoms with Gasteiger partial charge in [0.25, 0.3) is 0 Å². The number of aromatic nitrogens is 1. The Morgan fingerprint density at radius 2 is 2.06 bits per heavy atom. The van der Waals surface area contributed by atoms with E-state index in [1.165, 1.54) is 21.1 Å². The van der Waals surface area contributed by atoms with E-state index in [4.69, 9.17) is 5.73 Å². The highest BCUT2D eigenvalue weighted by atomic mass is 32.1. The lowest BCUT2D eigenvalue weighted by molar-refractivity contribution is 0.833. The van der Waals surface area contributed by atoms with Crippen LogP contribution in [0, 0.1) is 0 Å². The van der Waals surface area contributed by atoms with Crippen LogP contribution in [-0.2, 0) is 25.7 Å². The lowest BCUT2D eigenvalue weighted by Crippen LogP contribution is -1.99. The summed E-state index contributed by atoms with van der Waals surface area (Å²) in [4.78, 5) is 6.07. The third-order valence-electron chi connectivity index (χ3n) is 2.91. The summed E-state index contributed by atoms with van der Waals surface area (Å²) < 4.78 is 0. The lowest BCUT2D eigenvalue weighted by atomic mass is 10.1. The summed E-state index contributed by atoms with van der Waals surface area (Å²) in [6.07, 6.45) is 5.42. The molecule has 0 radical (unpaired) electrons. The summed E-state index contributed by atoms with van der Waals surface area (Å²) in [7, 11) is 0. The van der Waals surface area contributed by atoms with Crippen molar-refractivity contribution in [2.24, 2.45) is 5.73 Å². The summed E-state index contributed by atoms with van der Waals surface area (Å²) in [6.45, 7) is 2.94. The summed E-state index contributed by atoms with van der Waals surface area (Å²) in [5.74, 6) is 0. The van der Waals surface area contributed by atoms with Crippen LogP contribution in [0.2, 0.25) is 0 Å². The van der Waals surface area contributed by atoms with Crippen LogP contribution in [0.1, 0.15) is 34.5 Å². The molecule has 2 aromatic heterocycles. The SMILES string of the molecule is CCc1nc(CCc2cc(CCCN)cs2)cs1. The molecule has 2 rings (SSSR count). The van der Waals surface area contributed by atoms with Crippen LogP contribution in [0.5, 0.6) is 0 Å². The number of nitrogens with zero attached hydrogens (tertiary/aromatic N) is 1. The van der Waals surface area contributed by atoms with Gasteiger partial charge in [-0.05, 0) is 55.7 Å². The molecule has 0 fully saturated rings. The first-order chi connectivity index (χ1) is 8.81. The van der Waals surface area contributed by atoms with Gasteiger partial charge in [-0.2, -0.15) is 0 Å². The van der Waals surface area contributed by atoms with Gasteiger partial charge < -0.3 is 5.73 Å². The smallest absolute Gasteiger partial charge is 0.0925 e. The van der Waals surface area contributed by atoms with E-state index < -0.39 is 0 Å². The summed E-state index contributed by atoms with van der Waals surface area (Å²) in [5, 5.41) is 5.71. The highest BCUT2D eigenvalue weighted by Gasteiger charge is 2.03. The quantitative estimate of drug-likeness (QED) is 0.843. The van der Waals surface area contributed by atoms with Crippen molar-refractivity contribution < 1.29 is 0 Å². The third-order valence-corrected chi connectivity index (χ3v) is 4.99. The molecule has 0 spiro atoms. The average Bonchev–Trinajstić information content (AvgIpc) is 3.03. The third kappa shape index (κ3) is 3.90. The van der Waals surface area contributed by atoms with Crippen molar-refractivity contribution in [3.8, 4) is 0 Å². The van der Waals surface area contributed by atoms with Gasteiger partial charge in [0.05, 0.1) is 10.7 Å². The molecule has 0 aromatic carbocycles. The molecule has 0 saturated carbocycles. The maximum atomic E-state index is 5.53. The van der Waals surface area contributed by atoms with Crippen molar-refractivity contribution in [2.45, 2.75) is 39.0 Å². The Morgan fingerprint density at radius 1 is 1.17 bits per heavy atom. The van der Waals surface area contributed by atoms with E-state index in [1.54, 1.807) is 11.3 Å². The zero-order valence-electron chi connectivity index (χ0n) is 10.8. The molecule has 0 atom stereocenters. The predicted molar refractivity (Wildman–Crippen MR) is 80.6 cm³/mol. The maximum absolute atomic E-state index is 5.53. The van der Waals surface area contributed by atoms with Crippen molar-refractivity contribution in [1.82, 2.24) is 4.98 Å². The molecule has 0 saturated heterocycles. The number of thiazole rings is 1. The van der Waals surface area contributed by atoms with Crippen LogP contribution in [0.15, 0.2) is 16.8 Å². The first-order valence-electron chi connectivity index (χ1n) is 6.51. The second kappa shape index (κ2) is 7.02. The van der Waals surface area contributed by atoms with Gasteiger partial charge in [0.2, 0.25) is 0 Å². The van der Waals surface area contributed by atoms with E-state index in [1.807, 2.05) is 11.3 Å². The normalized spacial score (nSPS) is 11.0. The Morgan fingerprint density at radius 3 is 2.78 bits per heavy atom. The minimum absolute atomic E-state index is 0.782. The zero-order valence-corrected chi connectivity index (χ0v) is 12.4. The van der Waals surface area contributed by atoms with Crippen LogP contribution in [-0.4, -0.2) is 11.5 Å². The van der Waals surface area contributed by atoms with Gasteiger partial charge in [-0.3, -0.25) is 0 Å². The first kappa shape index (κ1) is 13.7. The fourth-order valence-corrected chi connectivity index (χ4v) is 3.58. The maximum Gasteiger partial charge on any atom is 0.0925 e. The van der Waals surface area contributed by atoms with Crippen molar-refractivity contribution in [3.05, 3.63) is 38.0 Å². The Balaban J connectivity index is 1.84. The molecule has 0 amide bonds. The number of nitrogens with two attached hydrogens (primary N) is 1. The molecule has 4 heteroatoms. The Bertz CT molecular complexity index is 474. The minimum atomic E-state index is 0.782. The van der Waals surface area contributed by atoms with E-state index in [0.29, 0.717) is 0 Å². The van der Waals surface area contributed by atoms with Gasteiger partial charge in [0.1, 0.15) is 0 Å². The number of hydrogen-bond acceptors (Lipinski definition) is 4. The molecule has 2 aromatic rings. The molecular weight excluding hydrogens is 260 g/mol. The summed E-state index contributed by atoms with van der Waals surface area (Å²) >= 11 is 3.65. The highest BCUT2D eigenvalue weighted by Crippen LogP contribution is 2.19. The van der Waals surface area contributed by atoms with Gasteiger partial charge in [0, 0.05) is 10.3 Å². The molecule has 0 unspecified atom stereocenters. The molecule has 0 aliphatic rings. The number of thiophene rings is 1. The van der Waals surface area contributed by atoms with Gasteiger partial charge in [-0.15, -0.1) is 22.7 Å². The largest absolute Gasteiger partial charge is 0.330 e. The van der Waals surface area contributed by atoms with Crippen LogP contribution in [0.3, 0.4) is 0 Å². The second-order valence-electron chi connectivity index (χ2n) is 4.40. The fourth-order valence-electron chi connectivity index (χ4n) is 1.87.